The Morgan fingerprint density at radius 3 is 2.43 bits per heavy atom. The maximum absolute atomic E-state index is 11.5. The van der Waals surface area contributed by atoms with Gasteiger partial charge in [0.25, 0.3) is 0 Å². The molecule has 0 unspecified atom stereocenters. The zero-order valence-electron chi connectivity index (χ0n) is 9.67. The zero-order valence-corrected chi connectivity index (χ0v) is 9.67. The van der Waals surface area contributed by atoms with Gasteiger partial charge < -0.3 is 9.64 Å². The number of nitrogens with zero attached hydrogens (tertiary/aromatic N) is 1. The van der Waals surface area contributed by atoms with Crippen LogP contribution in [0.2, 0.25) is 0 Å². The lowest BCUT2D eigenvalue weighted by Crippen LogP contribution is -2.12. The first kappa shape index (κ1) is 13.0. The summed E-state index contributed by atoms with van der Waals surface area (Å²) in [6, 6.07) is 0. The molecule has 0 rings (SSSR count). The van der Waals surface area contributed by atoms with Gasteiger partial charge in [-0.25, -0.2) is 4.79 Å². The standard InChI is InChI=1S/C11H21NO2/c1-5-7-8-10(9-12(3)4)11(13)14-6-2/h9H,5-8H2,1-4H3. The highest BCUT2D eigenvalue weighted by molar-refractivity contribution is 5.88. The molecular weight excluding hydrogens is 178 g/mol. The van der Waals surface area contributed by atoms with Crippen LogP contribution in [-0.4, -0.2) is 31.6 Å². The molecule has 0 saturated carbocycles. The maximum Gasteiger partial charge on any atom is 0.335 e. The summed E-state index contributed by atoms with van der Waals surface area (Å²) < 4.78 is 4.97. The Bertz CT molecular complexity index is 197. The third kappa shape index (κ3) is 5.62. The van der Waals surface area contributed by atoms with Gasteiger partial charge in [-0.1, -0.05) is 13.3 Å². The van der Waals surface area contributed by atoms with Gasteiger partial charge in [-0.05, 0) is 19.8 Å². The minimum atomic E-state index is -0.186. The number of unbranched alkanes of at least 4 members (excludes halogenated alkanes) is 1. The van der Waals surface area contributed by atoms with Gasteiger partial charge in [0.05, 0.1) is 12.2 Å². The predicted molar refractivity (Wildman–Crippen MR) is 57.9 cm³/mol. The molecular formula is C11H21NO2. The third-order valence-corrected chi connectivity index (χ3v) is 1.75. The van der Waals surface area contributed by atoms with Crippen LogP contribution in [0.15, 0.2) is 11.8 Å². The largest absolute Gasteiger partial charge is 0.463 e. The summed E-state index contributed by atoms with van der Waals surface area (Å²) in [5.74, 6) is -0.186. The number of esters is 1. The van der Waals surface area contributed by atoms with E-state index in [-0.39, 0.29) is 5.97 Å². The summed E-state index contributed by atoms with van der Waals surface area (Å²) >= 11 is 0. The summed E-state index contributed by atoms with van der Waals surface area (Å²) in [6.45, 7) is 4.37. The van der Waals surface area contributed by atoms with Crippen LogP contribution in [0.1, 0.15) is 33.1 Å². The molecule has 0 spiro atoms. The molecule has 82 valence electrons. The van der Waals surface area contributed by atoms with E-state index in [1.807, 2.05) is 32.1 Å². The van der Waals surface area contributed by atoms with Crippen molar-refractivity contribution in [3.63, 3.8) is 0 Å². The second kappa shape index (κ2) is 7.42. The van der Waals surface area contributed by atoms with Crippen molar-refractivity contribution in [1.29, 1.82) is 0 Å². The molecule has 0 saturated heterocycles. The summed E-state index contributed by atoms with van der Waals surface area (Å²) in [5, 5.41) is 0. The molecule has 0 amide bonds. The first-order valence-electron chi connectivity index (χ1n) is 5.16. The van der Waals surface area contributed by atoms with Gasteiger partial charge in [0.15, 0.2) is 0 Å². The van der Waals surface area contributed by atoms with E-state index in [1.54, 1.807) is 0 Å². The number of rotatable bonds is 6. The van der Waals surface area contributed by atoms with E-state index in [0.717, 1.165) is 24.8 Å². The topological polar surface area (TPSA) is 29.5 Å². The predicted octanol–water partition coefficient (Wildman–Crippen LogP) is 2.19. The quantitative estimate of drug-likeness (QED) is 0.485. The zero-order chi connectivity index (χ0) is 11.0. The maximum atomic E-state index is 11.5. The fourth-order valence-corrected chi connectivity index (χ4v) is 1.12. The Kier molecular flexibility index (Phi) is 6.89. The van der Waals surface area contributed by atoms with Gasteiger partial charge in [-0.2, -0.15) is 0 Å². The number of ether oxygens (including phenoxy) is 1. The molecule has 0 aliphatic rings. The molecule has 0 fully saturated rings. The van der Waals surface area contributed by atoms with Gasteiger partial charge in [0, 0.05) is 20.3 Å². The van der Waals surface area contributed by atoms with Gasteiger partial charge in [0.2, 0.25) is 0 Å². The lowest BCUT2D eigenvalue weighted by molar-refractivity contribution is -0.138. The third-order valence-electron chi connectivity index (χ3n) is 1.75. The SMILES string of the molecule is CCCCC(=CN(C)C)C(=O)OCC. The molecule has 0 aromatic rings. The fraction of sp³-hybridized carbons (Fsp3) is 0.727. The van der Waals surface area contributed by atoms with Crippen molar-refractivity contribution >= 4 is 5.97 Å². The lowest BCUT2D eigenvalue weighted by atomic mass is 10.1. The van der Waals surface area contributed by atoms with Crippen molar-refractivity contribution in [2.45, 2.75) is 33.1 Å². The molecule has 0 aromatic heterocycles. The van der Waals surface area contributed by atoms with Crippen LogP contribution < -0.4 is 0 Å². The van der Waals surface area contributed by atoms with Gasteiger partial charge in [0.1, 0.15) is 0 Å². The normalized spacial score (nSPS) is 11.3. The van der Waals surface area contributed by atoms with Crippen molar-refractivity contribution in [3.8, 4) is 0 Å². The van der Waals surface area contributed by atoms with E-state index in [4.69, 9.17) is 4.74 Å². The molecule has 0 aliphatic carbocycles. The van der Waals surface area contributed by atoms with Crippen molar-refractivity contribution < 1.29 is 9.53 Å². The molecule has 0 N–H and O–H groups in total. The van der Waals surface area contributed by atoms with E-state index in [9.17, 15) is 4.79 Å². The van der Waals surface area contributed by atoms with Crippen LogP contribution in [-0.2, 0) is 9.53 Å². The Balaban J connectivity index is 4.30. The molecule has 0 aliphatic heterocycles. The Morgan fingerprint density at radius 1 is 1.36 bits per heavy atom. The van der Waals surface area contributed by atoms with Gasteiger partial charge in [-0.15, -0.1) is 0 Å². The molecule has 0 atom stereocenters. The van der Waals surface area contributed by atoms with Crippen molar-refractivity contribution in [2.24, 2.45) is 0 Å². The first-order chi connectivity index (χ1) is 6.61. The molecule has 3 nitrogen and oxygen atoms in total. The molecule has 0 bridgehead atoms. The minimum absolute atomic E-state index is 0.186. The number of carbonyl (C=O) groups excluding carboxylic acids is 1. The molecule has 3 heteroatoms. The van der Waals surface area contributed by atoms with Crippen LogP contribution in [0.4, 0.5) is 0 Å². The van der Waals surface area contributed by atoms with Crippen molar-refractivity contribution in [3.05, 3.63) is 11.8 Å². The van der Waals surface area contributed by atoms with E-state index in [2.05, 4.69) is 6.92 Å². The van der Waals surface area contributed by atoms with Gasteiger partial charge >= 0.3 is 5.97 Å². The number of hydrogen-bond donors (Lipinski definition) is 0. The summed E-state index contributed by atoms with van der Waals surface area (Å²) in [6.07, 6.45) is 4.75. The fourth-order valence-electron chi connectivity index (χ4n) is 1.12. The monoisotopic (exact) mass is 199 g/mol. The molecule has 0 heterocycles. The van der Waals surface area contributed by atoms with E-state index >= 15 is 0 Å². The van der Waals surface area contributed by atoms with Crippen molar-refractivity contribution in [1.82, 2.24) is 4.90 Å². The average Bonchev–Trinajstić information content (AvgIpc) is 2.12. The smallest absolute Gasteiger partial charge is 0.335 e. The average molecular weight is 199 g/mol. The van der Waals surface area contributed by atoms with Crippen LogP contribution in [0.3, 0.4) is 0 Å². The van der Waals surface area contributed by atoms with Gasteiger partial charge in [-0.3, -0.25) is 0 Å². The van der Waals surface area contributed by atoms with Crippen LogP contribution >= 0.6 is 0 Å². The Labute approximate surface area is 86.7 Å². The Hall–Kier alpha value is -0.990. The second-order valence-electron chi connectivity index (χ2n) is 3.44. The summed E-state index contributed by atoms with van der Waals surface area (Å²) in [5.41, 5.74) is 0.763. The Morgan fingerprint density at radius 2 is 2.00 bits per heavy atom. The molecule has 0 radical (unpaired) electrons. The van der Waals surface area contributed by atoms with E-state index < -0.39 is 0 Å². The van der Waals surface area contributed by atoms with Crippen LogP contribution in [0, 0.1) is 0 Å². The van der Waals surface area contributed by atoms with E-state index in [0.29, 0.717) is 6.61 Å². The summed E-state index contributed by atoms with van der Waals surface area (Å²) in [4.78, 5) is 13.3. The van der Waals surface area contributed by atoms with Crippen LogP contribution in [0.25, 0.3) is 0 Å². The highest BCUT2D eigenvalue weighted by Gasteiger charge is 2.09. The highest BCUT2D eigenvalue weighted by atomic mass is 16.5. The lowest BCUT2D eigenvalue weighted by Gasteiger charge is -2.10. The first-order valence-corrected chi connectivity index (χ1v) is 5.16. The second-order valence-corrected chi connectivity index (χ2v) is 3.44. The minimum Gasteiger partial charge on any atom is -0.463 e. The van der Waals surface area contributed by atoms with Crippen LogP contribution in [0.5, 0.6) is 0 Å². The molecule has 14 heavy (non-hydrogen) atoms. The molecule has 0 aromatic carbocycles. The van der Waals surface area contributed by atoms with Crippen molar-refractivity contribution in [2.75, 3.05) is 20.7 Å². The number of hydrogen-bond acceptors (Lipinski definition) is 3. The number of carbonyl (C=O) groups is 1. The van der Waals surface area contributed by atoms with E-state index in [1.165, 1.54) is 0 Å². The summed E-state index contributed by atoms with van der Waals surface area (Å²) in [7, 11) is 3.82. The highest BCUT2D eigenvalue weighted by Crippen LogP contribution is 2.09.